The number of anilines is 2. The molecule has 0 heterocycles. The van der Waals surface area contributed by atoms with Crippen LogP contribution in [0.3, 0.4) is 0 Å². The van der Waals surface area contributed by atoms with Gasteiger partial charge >= 0.3 is 0 Å². The first-order chi connectivity index (χ1) is 12.1. The molecule has 0 saturated heterocycles. The van der Waals surface area contributed by atoms with Crippen LogP contribution in [0, 0.1) is 19.7 Å². The van der Waals surface area contributed by atoms with Crippen LogP contribution >= 0.6 is 0 Å². The average molecular weight is 378 g/mol. The number of amides is 1. The van der Waals surface area contributed by atoms with E-state index in [-0.39, 0.29) is 12.1 Å². The summed E-state index contributed by atoms with van der Waals surface area (Å²) in [5.41, 5.74) is 2.84. The zero-order valence-corrected chi connectivity index (χ0v) is 16.1. The summed E-state index contributed by atoms with van der Waals surface area (Å²) < 4.78 is 38.9. The Morgan fingerprint density at radius 1 is 1.12 bits per heavy atom. The van der Waals surface area contributed by atoms with Crippen LogP contribution < -0.4 is 9.62 Å². The Morgan fingerprint density at radius 2 is 1.65 bits per heavy atom. The van der Waals surface area contributed by atoms with Crippen LogP contribution in [-0.2, 0) is 14.8 Å². The van der Waals surface area contributed by atoms with Gasteiger partial charge in [0.1, 0.15) is 11.9 Å². The van der Waals surface area contributed by atoms with Gasteiger partial charge < -0.3 is 5.32 Å². The van der Waals surface area contributed by atoms with Crippen LogP contribution in [0.5, 0.6) is 0 Å². The first-order valence-electron chi connectivity index (χ1n) is 8.26. The van der Waals surface area contributed by atoms with E-state index in [1.165, 1.54) is 24.3 Å². The number of nitrogens with zero attached hydrogens (tertiary/aromatic N) is 1. The zero-order chi connectivity index (χ0) is 19.5. The molecule has 0 aliphatic rings. The maximum Gasteiger partial charge on any atom is 0.248 e. The number of rotatable bonds is 6. The van der Waals surface area contributed by atoms with Crippen molar-refractivity contribution >= 4 is 27.3 Å². The molecule has 1 N–H and O–H groups in total. The lowest BCUT2D eigenvalue weighted by atomic mass is 10.1. The molecule has 5 nitrogen and oxygen atoms in total. The molecule has 0 unspecified atom stereocenters. The lowest BCUT2D eigenvalue weighted by Crippen LogP contribution is -2.47. The number of carbonyl (C=O) groups is 1. The van der Waals surface area contributed by atoms with Gasteiger partial charge in [-0.2, -0.15) is 0 Å². The third-order valence-corrected chi connectivity index (χ3v) is 5.08. The van der Waals surface area contributed by atoms with Crippen molar-refractivity contribution in [1.82, 2.24) is 0 Å². The molecule has 0 spiro atoms. The minimum atomic E-state index is -3.75. The molecule has 0 saturated carbocycles. The molecule has 0 fully saturated rings. The second-order valence-corrected chi connectivity index (χ2v) is 8.18. The van der Waals surface area contributed by atoms with Crippen molar-refractivity contribution in [2.24, 2.45) is 0 Å². The molecule has 0 aromatic heterocycles. The molecule has 0 bridgehead atoms. The number of benzene rings is 2. The summed E-state index contributed by atoms with van der Waals surface area (Å²) in [5, 5.41) is 2.79. The van der Waals surface area contributed by atoms with Gasteiger partial charge in [-0.3, -0.25) is 9.10 Å². The highest BCUT2D eigenvalue weighted by Crippen LogP contribution is 2.24. The fourth-order valence-corrected chi connectivity index (χ4v) is 4.13. The Bertz CT molecular complexity index is 875. The Morgan fingerprint density at radius 3 is 2.12 bits per heavy atom. The molecule has 26 heavy (non-hydrogen) atoms. The van der Waals surface area contributed by atoms with E-state index in [2.05, 4.69) is 5.32 Å². The molecule has 0 aliphatic carbocycles. The summed E-state index contributed by atoms with van der Waals surface area (Å²) >= 11 is 0. The van der Waals surface area contributed by atoms with Crippen LogP contribution in [0.2, 0.25) is 0 Å². The highest BCUT2D eigenvalue weighted by atomic mass is 32.2. The number of sulfonamides is 1. The van der Waals surface area contributed by atoms with Crippen LogP contribution in [0.4, 0.5) is 15.8 Å². The fourth-order valence-electron chi connectivity index (χ4n) is 2.92. The topological polar surface area (TPSA) is 66.5 Å². The molecule has 2 aromatic carbocycles. The summed E-state index contributed by atoms with van der Waals surface area (Å²) in [6, 6.07) is 9.71. The van der Waals surface area contributed by atoms with E-state index in [9.17, 15) is 17.6 Å². The molecule has 0 radical (unpaired) electrons. The summed E-state index contributed by atoms with van der Waals surface area (Å²) in [6.07, 6.45) is 1.30. The van der Waals surface area contributed by atoms with E-state index in [4.69, 9.17) is 0 Å². The lowest BCUT2D eigenvalue weighted by Gasteiger charge is -2.30. The summed E-state index contributed by atoms with van der Waals surface area (Å²) in [5.74, 6) is -0.915. The molecule has 2 rings (SSSR count). The molecular formula is C19H23FN2O3S. The van der Waals surface area contributed by atoms with Crippen molar-refractivity contribution < 1.29 is 17.6 Å². The normalized spacial score (nSPS) is 12.5. The third-order valence-electron chi connectivity index (χ3n) is 3.90. The number of halogens is 1. The van der Waals surface area contributed by atoms with Gasteiger partial charge in [0.2, 0.25) is 15.9 Å². The van der Waals surface area contributed by atoms with Crippen molar-refractivity contribution in [2.45, 2.75) is 33.2 Å². The number of hydrogen-bond donors (Lipinski definition) is 1. The molecule has 0 aliphatic heterocycles. The maximum absolute atomic E-state index is 13.2. The van der Waals surface area contributed by atoms with Crippen molar-refractivity contribution in [3.8, 4) is 0 Å². The molecule has 1 amide bonds. The summed E-state index contributed by atoms with van der Waals surface area (Å²) in [7, 11) is -3.75. The number of carbonyl (C=O) groups excluding carboxylic acids is 1. The minimum Gasteiger partial charge on any atom is -0.324 e. The van der Waals surface area contributed by atoms with Gasteiger partial charge in [0.25, 0.3) is 0 Å². The van der Waals surface area contributed by atoms with Gasteiger partial charge in [-0.05, 0) is 67.8 Å². The molecule has 140 valence electrons. The second-order valence-electron chi connectivity index (χ2n) is 6.32. The van der Waals surface area contributed by atoms with Gasteiger partial charge in [0.15, 0.2) is 0 Å². The predicted octanol–water partition coefficient (Wildman–Crippen LogP) is 3.63. The summed E-state index contributed by atoms with van der Waals surface area (Å²) in [4.78, 5) is 12.8. The van der Waals surface area contributed by atoms with Crippen molar-refractivity contribution in [3.05, 3.63) is 59.4 Å². The largest absolute Gasteiger partial charge is 0.324 e. The van der Waals surface area contributed by atoms with E-state index < -0.39 is 27.8 Å². The van der Waals surface area contributed by atoms with Gasteiger partial charge in [-0.25, -0.2) is 12.8 Å². The van der Waals surface area contributed by atoms with E-state index in [0.717, 1.165) is 21.7 Å². The number of aryl methyl sites for hydroxylation is 2. The smallest absolute Gasteiger partial charge is 0.248 e. The fraction of sp³-hybridized carbons (Fsp3) is 0.316. The quantitative estimate of drug-likeness (QED) is 0.835. The number of nitrogens with one attached hydrogen (secondary N) is 1. The van der Waals surface area contributed by atoms with Crippen LogP contribution in [0.15, 0.2) is 42.5 Å². The van der Waals surface area contributed by atoms with E-state index in [1.807, 2.05) is 32.0 Å². The van der Waals surface area contributed by atoms with Crippen LogP contribution in [-0.4, -0.2) is 26.6 Å². The summed E-state index contributed by atoms with van der Waals surface area (Å²) in [6.45, 7) is 5.57. The molecule has 7 heteroatoms. The zero-order valence-electron chi connectivity index (χ0n) is 15.3. The molecule has 2 aromatic rings. The van der Waals surface area contributed by atoms with Gasteiger partial charge in [-0.1, -0.05) is 13.0 Å². The van der Waals surface area contributed by atoms with Gasteiger partial charge in [0, 0.05) is 5.69 Å². The monoisotopic (exact) mass is 378 g/mol. The van der Waals surface area contributed by atoms with E-state index in [0.29, 0.717) is 5.69 Å². The average Bonchev–Trinajstić information content (AvgIpc) is 2.51. The number of hydrogen-bond acceptors (Lipinski definition) is 3. The Hall–Kier alpha value is -2.41. The van der Waals surface area contributed by atoms with Crippen molar-refractivity contribution in [2.75, 3.05) is 15.9 Å². The van der Waals surface area contributed by atoms with E-state index in [1.54, 1.807) is 6.92 Å². The van der Waals surface area contributed by atoms with Crippen molar-refractivity contribution in [1.29, 1.82) is 0 Å². The first-order valence-corrected chi connectivity index (χ1v) is 10.1. The first kappa shape index (κ1) is 19.9. The minimum absolute atomic E-state index is 0.247. The SMILES string of the molecule is CC[C@H](C(=O)Nc1cc(C)cc(C)c1)N(c1ccc(F)cc1)S(C)(=O)=O. The Labute approximate surface area is 153 Å². The highest BCUT2D eigenvalue weighted by Gasteiger charge is 2.31. The van der Waals surface area contributed by atoms with Crippen LogP contribution in [0.1, 0.15) is 24.5 Å². The van der Waals surface area contributed by atoms with Crippen molar-refractivity contribution in [3.63, 3.8) is 0 Å². The Balaban J connectivity index is 2.37. The van der Waals surface area contributed by atoms with Crippen LogP contribution in [0.25, 0.3) is 0 Å². The highest BCUT2D eigenvalue weighted by molar-refractivity contribution is 7.92. The van der Waals surface area contributed by atoms with Gasteiger partial charge in [-0.15, -0.1) is 0 Å². The van der Waals surface area contributed by atoms with Gasteiger partial charge in [0.05, 0.1) is 11.9 Å². The standard InChI is InChI=1S/C19H23FN2O3S/c1-5-18(19(23)21-16-11-13(2)10-14(3)12-16)22(26(4,24)25)17-8-6-15(20)7-9-17/h6-12,18H,5H2,1-4H3,(H,21,23)/t18-/m1/s1. The maximum atomic E-state index is 13.2. The molecular weight excluding hydrogens is 355 g/mol. The molecule has 1 atom stereocenters. The third kappa shape index (κ3) is 4.82. The lowest BCUT2D eigenvalue weighted by molar-refractivity contribution is -0.117. The second kappa shape index (κ2) is 7.86. The Kier molecular flexibility index (Phi) is 6.02. The predicted molar refractivity (Wildman–Crippen MR) is 102 cm³/mol. The van der Waals surface area contributed by atoms with E-state index >= 15 is 0 Å².